The van der Waals surface area contributed by atoms with Crippen LogP contribution in [0.15, 0.2) is 24.3 Å². The minimum atomic E-state index is -0.0454. The van der Waals surface area contributed by atoms with Gasteiger partial charge in [-0.3, -0.25) is 9.63 Å². The molecule has 0 aliphatic rings. The molecule has 0 bridgehead atoms. The number of likely N-dealkylation sites (N-methyl/N-ethyl adjacent to an activating group) is 1. The summed E-state index contributed by atoms with van der Waals surface area (Å²) in [6, 6.07) is 8.16. The maximum absolute atomic E-state index is 11.6. The molecule has 1 amide bonds. The Bertz CT molecular complexity index is 376. The summed E-state index contributed by atoms with van der Waals surface area (Å²) < 4.78 is 0. The first-order valence-electron chi connectivity index (χ1n) is 5.74. The second-order valence-corrected chi connectivity index (χ2v) is 5.20. The molecular formula is C14H21NO2. The van der Waals surface area contributed by atoms with Crippen molar-refractivity contribution in [3.05, 3.63) is 35.4 Å². The van der Waals surface area contributed by atoms with Crippen LogP contribution in [0.5, 0.6) is 0 Å². The van der Waals surface area contributed by atoms with Crippen LogP contribution in [0.1, 0.15) is 31.9 Å². The van der Waals surface area contributed by atoms with E-state index in [1.807, 2.05) is 12.1 Å². The van der Waals surface area contributed by atoms with Crippen LogP contribution in [0, 0.1) is 0 Å². The molecule has 0 unspecified atom stereocenters. The first-order valence-corrected chi connectivity index (χ1v) is 5.74. The molecule has 1 rings (SSSR count). The molecule has 1 aromatic carbocycles. The molecular weight excluding hydrogens is 214 g/mol. The summed E-state index contributed by atoms with van der Waals surface area (Å²) in [6.45, 7) is 6.52. The van der Waals surface area contributed by atoms with Gasteiger partial charge in [0.15, 0.2) is 0 Å². The fourth-order valence-electron chi connectivity index (χ4n) is 1.51. The van der Waals surface area contributed by atoms with Gasteiger partial charge in [0.05, 0.1) is 13.5 Å². The Labute approximate surface area is 103 Å². The molecule has 0 aromatic heterocycles. The average molecular weight is 235 g/mol. The Balaban J connectivity index is 2.73. The summed E-state index contributed by atoms with van der Waals surface area (Å²) in [6.07, 6.45) is 0.370. The molecule has 0 atom stereocenters. The van der Waals surface area contributed by atoms with Crippen molar-refractivity contribution in [3.63, 3.8) is 0 Å². The van der Waals surface area contributed by atoms with Crippen LogP contribution >= 0.6 is 0 Å². The van der Waals surface area contributed by atoms with Crippen LogP contribution in [-0.2, 0) is 21.5 Å². The molecule has 0 N–H and O–H groups in total. The van der Waals surface area contributed by atoms with Crippen molar-refractivity contribution in [2.24, 2.45) is 0 Å². The van der Waals surface area contributed by atoms with Gasteiger partial charge >= 0.3 is 0 Å². The Morgan fingerprint density at radius 1 is 1.24 bits per heavy atom. The summed E-state index contributed by atoms with van der Waals surface area (Å²) in [4.78, 5) is 16.5. The van der Waals surface area contributed by atoms with Gasteiger partial charge in [-0.05, 0) is 16.5 Å². The zero-order chi connectivity index (χ0) is 13.1. The number of benzene rings is 1. The van der Waals surface area contributed by atoms with Crippen molar-refractivity contribution >= 4 is 5.91 Å². The lowest BCUT2D eigenvalue weighted by atomic mass is 9.86. The van der Waals surface area contributed by atoms with E-state index in [-0.39, 0.29) is 11.3 Å². The quantitative estimate of drug-likeness (QED) is 0.753. The molecule has 94 valence electrons. The Morgan fingerprint density at radius 3 is 2.18 bits per heavy atom. The number of hydrogen-bond donors (Lipinski definition) is 0. The van der Waals surface area contributed by atoms with Gasteiger partial charge in [0.1, 0.15) is 0 Å². The first kappa shape index (κ1) is 13.7. The van der Waals surface area contributed by atoms with E-state index in [2.05, 4.69) is 32.9 Å². The van der Waals surface area contributed by atoms with Crippen molar-refractivity contribution in [2.45, 2.75) is 32.6 Å². The number of rotatable bonds is 3. The van der Waals surface area contributed by atoms with E-state index in [4.69, 9.17) is 4.84 Å². The van der Waals surface area contributed by atoms with Crippen LogP contribution in [0.4, 0.5) is 0 Å². The Morgan fingerprint density at radius 2 is 1.76 bits per heavy atom. The van der Waals surface area contributed by atoms with Crippen molar-refractivity contribution in [1.29, 1.82) is 0 Å². The van der Waals surface area contributed by atoms with Crippen LogP contribution < -0.4 is 0 Å². The zero-order valence-corrected chi connectivity index (χ0v) is 11.3. The summed E-state index contributed by atoms with van der Waals surface area (Å²) in [5, 5.41) is 1.25. The third-order valence-corrected chi connectivity index (χ3v) is 2.80. The van der Waals surface area contributed by atoms with E-state index in [0.717, 1.165) is 5.56 Å². The highest BCUT2D eigenvalue weighted by Crippen LogP contribution is 2.22. The van der Waals surface area contributed by atoms with Crippen LogP contribution in [-0.4, -0.2) is 25.1 Å². The van der Waals surface area contributed by atoms with Crippen LogP contribution in [0.2, 0.25) is 0 Å². The van der Waals surface area contributed by atoms with Crippen molar-refractivity contribution in [3.8, 4) is 0 Å². The lowest BCUT2D eigenvalue weighted by Crippen LogP contribution is -2.26. The van der Waals surface area contributed by atoms with Crippen LogP contribution in [0.3, 0.4) is 0 Å². The maximum atomic E-state index is 11.6. The smallest absolute Gasteiger partial charge is 0.250 e. The molecule has 0 saturated carbocycles. The van der Waals surface area contributed by atoms with E-state index < -0.39 is 0 Å². The zero-order valence-electron chi connectivity index (χ0n) is 11.3. The Hall–Kier alpha value is -1.35. The van der Waals surface area contributed by atoms with Crippen molar-refractivity contribution in [2.75, 3.05) is 14.2 Å². The molecule has 1 aromatic rings. The summed E-state index contributed by atoms with van der Waals surface area (Å²) >= 11 is 0. The largest absolute Gasteiger partial charge is 0.275 e. The molecule has 0 radical (unpaired) electrons. The molecule has 3 nitrogen and oxygen atoms in total. The first-order chi connectivity index (χ1) is 7.84. The highest BCUT2D eigenvalue weighted by atomic mass is 16.7. The van der Waals surface area contributed by atoms with Gasteiger partial charge in [0.25, 0.3) is 0 Å². The fraction of sp³-hybridized carbons (Fsp3) is 0.500. The number of carbonyl (C=O) groups excluding carboxylic acids is 1. The number of carbonyl (C=O) groups is 1. The topological polar surface area (TPSA) is 29.5 Å². The minimum Gasteiger partial charge on any atom is -0.275 e. The summed E-state index contributed by atoms with van der Waals surface area (Å²) in [5.74, 6) is -0.0454. The minimum absolute atomic E-state index is 0.0454. The monoisotopic (exact) mass is 235 g/mol. The van der Waals surface area contributed by atoms with Crippen LogP contribution in [0.25, 0.3) is 0 Å². The average Bonchev–Trinajstić information content (AvgIpc) is 2.27. The molecule has 0 saturated heterocycles. The predicted octanol–water partition coefficient (Wildman–Crippen LogP) is 2.55. The highest BCUT2D eigenvalue weighted by molar-refractivity contribution is 5.77. The van der Waals surface area contributed by atoms with Crippen molar-refractivity contribution in [1.82, 2.24) is 5.06 Å². The molecule has 3 heteroatoms. The van der Waals surface area contributed by atoms with E-state index in [9.17, 15) is 4.79 Å². The summed E-state index contributed by atoms with van der Waals surface area (Å²) in [7, 11) is 3.10. The second-order valence-electron chi connectivity index (χ2n) is 5.20. The van der Waals surface area contributed by atoms with E-state index >= 15 is 0 Å². The number of hydroxylamine groups is 2. The Kier molecular flexibility index (Phi) is 4.29. The third-order valence-electron chi connectivity index (χ3n) is 2.80. The van der Waals surface area contributed by atoms with E-state index in [1.165, 1.54) is 17.7 Å². The lowest BCUT2D eigenvalue weighted by molar-refractivity contribution is -0.167. The third kappa shape index (κ3) is 3.86. The standard InChI is InChI=1S/C14H21NO2/c1-14(2,3)12-8-6-11(7-9-12)10-13(16)15(4)17-5/h6-9H,10H2,1-5H3. The molecule has 0 aliphatic carbocycles. The van der Waals surface area contributed by atoms with E-state index in [1.54, 1.807) is 7.05 Å². The molecule has 0 heterocycles. The molecule has 17 heavy (non-hydrogen) atoms. The van der Waals surface area contributed by atoms with Gasteiger partial charge in [-0.15, -0.1) is 0 Å². The van der Waals surface area contributed by atoms with Crippen molar-refractivity contribution < 1.29 is 9.63 Å². The SMILES string of the molecule is CON(C)C(=O)Cc1ccc(C(C)(C)C)cc1. The van der Waals surface area contributed by atoms with Gasteiger partial charge in [-0.1, -0.05) is 45.0 Å². The van der Waals surface area contributed by atoms with Gasteiger partial charge in [0.2, 0.25) is 5.91 Å². The normalized spacial score (nSPS) is 11.4. The number of hydrogen-bond acceptors (Lipinski definition) is 2. The fourth-order valence-corrected chi connectivity index (χ4v) is 1.51. The van der Waals surface area contributed by atoms with Gasteiger partial charge in [0, 0.05) is 7.05 Å². The van der Waals surface area contributed by atoms with Gasteiger partial charge in [-0.2, -0.15) is 0 Å². The highest BCUT2D eigenvalue weighted by Gasteiger charge is 2.14. The number of nitrogens with zero attached hydrogens (tertiary/aromatic N) is 1. The van der Waals surface area contributed by atoms with Gasteiger partial charge < -0.3 is 0 Å². The van der Waals surface area contributed by atoms with Gasteiger partial charge in [-0.25, -0.2) is 5.06 Å². The number of amides is 1. The second kappa shape index (κ2) is 5.32. The molecule has 0 spiro atoms. The lowest BCUT2D eigenvalue weighted by Gasteiger charge is -2.19. The van der Waals surface area contributed by atoms with E-state index in [0.29, 0.717) is 6.42 Å². The molecule has 0 aliphatic heterocycles. The maximum Gasteiger partial charge on any atom is 0.250 e. The predicted molar refractivity (Wildman–Crippen MR) is 68.6 cm³/mol. The summed E-state index contributed by atoms with van der Waals surface area (Å²) in [5.41, 5.74) is 2.42. The molecule has 0 fully saturated rings.